The molecular formula is C22H18ClN3O3S2. The first-order valence-electron chi connectivity index (χ1n) is 9.46. The van der Waals surface area contributed by atoms with Gasteiger partial charge in [0.2, 0.25) is 5.91 Å². The zero-order valence-corrected chi connectivity index (χ0v) is 18.7. The van der Waals surface area contributed by atoms with Gasteiger partial charge in [-0.15, -0.1) is 0 Å². The Balaban J connectivity index is 1.61. The molecule has 0 radical (unpaired) electrons. The lowest BCUT2D eigenvalue weighted by Gasteiger charge is -2.19. The van der Waals surface area contributed by atoms with Crippen molar-refractivity contribution in [1.29, 1.82) is 0 Å². The third-order valence-electron chi connectivity index (χ3n) is 4.60. The zero-order chi connectivity index (χ0) is 21.8. The lowest BCUT2D eigenvalue weighted by Crippen LogP contribution is -2.32. The molecular weight excluding hydrogens is 454 g/mol. The van der Waals surface area contributed by atoms with Crippen molar-refractivity contribution in [3.05, 3.63) is 83.6 Å². The van der Waals surface area contributed by atoms with E-state index in [1.807, 2.05) is 12.1 Å². The first kappa shape index (κ1) is 21.4. The standard InChI is InChI=1S/C22H18ClN3O3S2/c23-16-9-10-19-20(14-16)30-22(25-19)26(15-17-6-4-5-12-24-17)21(27)11-13-31(28,29)18-7-2-1-3-8-18/h1-10,12,14H,11,13,15H2. The number of aromatic nitrogens is 2. The minimum absolute atomic E-state index is 0.166. The topological polar surface area (TPSA) is 80.2 Å². The molecule has 158 valence electrons. The molecule has 0 aliphatic carbocycles. The third-order valence-corrected chi connectivity index (χ3v) is 7.61. The maximum absolute atomic E-state index is 13.1. The van der Waals surface area contributed by atoms with Gasteiger partial charge in [-0.2, -0.15) is 0 Å². The molecule has 2 aromatic carbocycles. The van der Waals surface area contributed by atoms with E-state index in [9.17, 15) is 13.2 Å². The van der Waals surface area contributed by atoms with Crippen LogP contribution in [0.25, 0.3) is 10.2 Å². The minimum Gasteiger partial charge on any atom is -0.282 e. The SMILES string of the molecule is O=C(CCS(=O)(=O)c1ccccc1)N(Cc1ccccn1)c1nc2ccc(Cl)cc2s1. The van der Waals surface area contributed by atoms with Crippen molar-refractivity contribution in [2.45, 2.75) is 17.9 Å². The van der Waals surface area contributed by atoms with Gasteiger partial charge in [0.25, 0.3) is 0 Å². The molecule has 0 fully saturated rings. The molecule has 31 heavy (non-hydrogen) atoms. The lowest BCUT2D eigenvalue weighted by atomic mass is 10.3. The van der Waals surface area contributed by atoms with E-state index in [1.54, 1.807) is 48.7 Å². The first-order chi connectivity index (χ1) is 14.9. The van der Waals surface area contributed by atoms with E-state index in [2.05, 4.69) is 9.97 Å². The van der Waals surface area contributed by atoms with Gasteiger partial charge in [0.05, 0.1) is 33.1 Å². The Bertz CT molecular complexity index is 1310. The Morgan fingerprint density at radius 2 is 1.81 bits per heavy atom. The molecule has 0 unspecified atom stereocenters. The Kier molecular flexibility index (Phi) is 6.31. The number of thiazole rings is 1. The number of benzene rings is 2. The summed E-state index contributed by atoms with van der Waals surface area (Å²) in [6.45, 7) is 0.193. The summed E-state index contributed by atoms with van der Waals surface area (Å²) in [5.74, 6) is -0.624. The van der Waals surface area contributed by atoms with Crippen LogP contribution < -0.4 is 4.90 Å². The zero-order valence-electron chi connectivity index (χ0n) is 16.3. The summed E-state index contributed by atoms with van der Waals surface area (Å²) < 4.78 is 26.1. The summed E-state index contributed by atoms with van der Waals surface area (Å²) in [6.07, 6.45) is 1.48. The van der Waals surface area contributed by atoms with Crippen molar-refractivity contribution >= 4 is 54.0 Å². The second-order valence-electron chi connectivity index (χ2n) is 6.79. The van der Waals surface area contributed by atoms with Gasteiger partial charge in [-0.25, -0.2) is 13.4 Å². The predicted octanol–water partition coefficient (Wildman–Crippen LogP) is 4.74. The van der Waals surface area contributed by atoms with Crippen LogP contribution >= 0.6 is 22.9 Å². The van der Waals surface area contributed by atoms with Gasteiger partial charge in [0.1, 0.15) is 0 Å². The quantitative estimate of drug-likeness (QED) is 0.389. The molecule has 4 aromatic rings. The van der Waals surface area contributed by atoms with Crippen molar-refractivity contribution in [2.75, 3.05) is 10.7 Å². The molecule has 9 heteroatoms. The van der Waals surface area contributed by atoms with E-state index in [1.165, 1.54) is 28.4 Å². The highest BCUT2D eigenvalue weighted by atomic mass is 35.5. The van der Waals surface area contributed by atoms with Crippen LogP contribution in [0.15, 0.2) is 77.8 Å². The number of hydrogen-bond donors (Lipinski definition) is 0. The fourth-order valence-corrected chi connectivity index (χ4v) is 5.53. The Morgan fingerprint density at radius 3 is 2.55 bits per heavy atom. The number of anilines is 1. The van der Waals surface area contributed by atoms with Crippen LogP contribution in [0.4, 0.5) is 5.13 Å². The summed E-state index contributed by atoms with van der Waals surface area (Å²) in [5, 5.41) is 1.06. The van der Waals surface area contributed by atoms with E-state index in [0.29, 0.717) is 15.8 Å². The molecule has 0 saturated carbocycles. The number of sulfone groups is 1. The second kappa shape index (κ2) is 9.13. The fourth-order valence-electron chi connectivity index (χ4n) is 3.02. The molecule has 0 bridgehead atoms. The Hall–Kier alpha value is -2.81. The number of hydrogen-bond acceptors (Lipinski definition) is 6. The number of carbonyl (C=O) groups is 1. The summed E-state index contributed by atoms with van der Waals surface area (Å²) >= 11 is 7.41. The number of rotatable bonds is 7. The summed E-state index contributed by atoms with van der Waals surface area (Å²) in [4.78, 5) is 23.7. The normalized spacial score (nSPS) is 11.5. The van der Waals surface area contributed by atoms with Gasteiger partial charge >= 0.3 is 0 Å². The van der Waals surface area contributed by atoms with Gasteiger partial charge in [-0.3, -0.25) is 14.7 Å². The molecule has 0 spiro atoms. The highest BCUT2D eigenvalue weighted by Crippen LogP contribution is 2.32. The average Bonchev–Trinajstić information content (AvgIpc) is 3.20. The number of nitrogens with zero attached hydrogens (tertiary/aromatic N) is 3. The number of halogens is 1. The van der Waals surface area contributed by atoms with Gasteiger partial charge < -0.3 is 0 Å². The van der Waals surface area contributed by atoms with Gasteiger partial charge in [-0.05, 0) is 42.5 Å². The smallest absolute Gasteiger partial charge is 0.230 e. The van der Waals surface area contributed by atoms with Gasteiger partial charge in [0, 0.05) is 17.6 Å². The van der Waals surface area contributed by atoms with Crippen LogP contribution in [0.5, 0.6) is 0 Å². The number of amides is 1. The van der Waals surface area contributed by atoms with E-state index in [-0.39, 0.29) is 29.5 Å². The predicted molar refractivity (Wildman–Crippen MR) is 123 cm³/mol. The van der Waals surface area contributed by atoms with E-state index < -0.39 is 9.84 Å². The van der Waals surface area contributed by atoms with Crippen LogP contribution in [-0.4, -0.2) is 30.0 Å². The van der Waals surface area contributed by atoms with Crippen molar-refractivity contribution in [2.24, 2.45) is 0 Å². The molecule has 0 aliphatic rings. The molecule has 2 aromatic heterocycles. The summed E-state index contributed by atoms with van der Waals surface area (Å²) in [5.41, 5.74) is 1.40. The summed E-state index contributed by atoms with van der Waals surface area (Å²) in [6, 6.07) is 18.9. The second-order valence-corrected chi connectivity index (χ2v) is 10.3. The number of fused-ring (bicyclic) bond motifs is 1. The molecule has 6 nitrogen and oxygen atoms in total. The Morgan fingerprint density at radius 1 is 1.03 bits per heavy atom. The van der Waals surface area contributed by atoms with Crippen LogP contribution in [0.1, 0.15) is 12.1 Å². The highest BCUT2D eigenvalue weighted by molar-refractivity contribution is 7.91. The average molecular weight is 472 g/mol. The molecule has 2 heterocycles. The molecule has 1 amide bonds. The molecule has 0 N–H and O–H groups in total. The lowest BCUT2D eigenvalue weighted by molar-refractivity contribution is -0.118. The van der Waals surface area contributed by atoms with Crippen molar-refractivity contribution in [3.8, 4) is 0 Å². The number of pyridine rings is 1. The molecule has 0 atom stereocenters. The van der Waals surface area contributed by atoms with Crippen LogP contribution in [0.3, 0.4) is 0 Å². The van der Waals surface area contributed by atoms with E-state index in [4.69, 9.17) is 11.6 Å². The largest absolute Gasteiger partial charge is 0.282 e. The van der Waals surface area contributed by atoms with E-state index in [0.717, 1.165) is 10.2 Å². The molecule has 0 aliphatic heterocycles. The monoisotopic (exact) mass is 471 g/mol. The molecule has 4 rings (SSSR count). The van der Waals surface area contributed by atoms with Crippen LogP contribution in [0, 0.1) is 0 Å². The van der Waals surface area contributed by atoms with E-state index >= 15 is 0 Å². The maximum Gasteiger partial charge on any atom is 0.230 e. The van der Waals surface area contributed by atoms with Crippen molar-refractivity contribution in [3.63, 3.8) is 0 Å². The van der Waals surface area contributed by atoms with Crippen molar-refractivity contribution < 1.29 is 13.2 Å². The highest BCUT2D eigenvalue weighted by Gasteiger charge is 2.24. The third kappa shape index (κ3) is 5.10. The van der Waals surface area contributed by atoms with Crippen LogP contribution in [-0.2, 0) is 21.2 Å². The Labute approximate surface area is 189 Å². The minimum atomic E-state index is -3.57. The maximum atomic E-state index is 13.1. The summed E-state index contributed by atoms with van der Waals surface area (Å²) in [7, 11) is -3.57. The first-order valence-corrected chi connectivity index (χ1v) is 12.3. The van der Waals surface area contributed by atoms with Crippen LogP contribution in [0.2, 0.25) is 5.02 Å². The van der Waals surface area contributed by atoms with Gasteiger partial charge in [-0.1, -0.05) is 47.2 Å². The van der Waals surface area contributed by atoms with Gasteiger partial charge in [0.15, 0.2) is 15.0 Å². The fraction of sp³-hybridized carbons (Fsp3) is 0.136. The number of carbonyl (C=O) groups excluding carboxylic acids is 1. The van der Waals surface area contributed by atoms with Crippen molar-refractivity contribution in [1.82, 2.24) is 9.97 Å². The molecule has 0 saturated heterocycles.